The van der Waals surface area contributed by atoms with Gasteiger partial charge in [-0.3, -0.25) is 9.59 Å². The molecule has 27 heavy (non-hydrogen) atoms. The summed E-state index contributed by atoms with van der Waals surface area (Å²) in [7, 11) is 1.60. The van der Waals surface area contributed by atoms with Gasteiger partial charge in [0.15, 0.2) is 0 Å². The van der Waals surface area contributed by atoms with Crippen molar-refractivity contribution in [3.8, 4) is 5.75 Å². The van der Waals surface area contributed by atoms with Gasteiger partial charge in [0.05, 0.1) is 11.3 Å². The van der Waals surface area contributed by atoms with E-state index in [1.807, 2.05) is 13.8 Å². The molecular formula is C20H25N3O4. The van der Waals surface area contributed by atoms with Crippen LogP contribution in [0.2, 0.25) is 0 Å². The molecule has 0 unspecified atom stereocenters. The SMILES string of the molecule is CNC(=O)[C@H]1CCCCN1C(=O)c1cccc(OCc2c(C)noc2C)c1. The number of carbonyl (C=O) groups excluding carboxylic acids is 2. The van der Waals surface area contributed by atoms with Gasteiger partial charge in [0.25, 0.3) is 5.91 Å². The average molecular weight is 371 g/mol. The van der Waals surface area contributed by atoms with Crippen molar-refractivity contribution < 1.29 is 18.8 Å². The molecule has 0 aliphatic carbocycles. The summed E-state index contributed by atoms with van der Waals surface area (Å²) >= 11 is 0. The van der Waals surface area contributed by atoms with Crippen LogP contribution in [-0.2, 0) is 11.4 Å². The molecule has 0 radical (unpaired) electrons. The van der Waals surface area contributed by atoms with Crippen molar-refractivity contribution >= 4 is 11.8 Å². The highest BCUT2D eigenvalue weighted by atomic mass is 16.5. The molecule has 1 saturated heterocycles. The van der Waals surface area contributed by atoms with E-state index in [0.29, 0.717) is 30.9 Å². The summed E-state index contributed by atoms with van der Waals surface area (Å²) in [6.45, 7) is 4.61. The van der Waals surface area contributed by atoms with Gasteiger partial charge < -0.3 is 19.5 Å². The number of piperidine rings is 1. The van der Waals surface area contributed by atoms with Gasteiger partial charge in [-0.2, -0.15) is 0 Å². The highest BCUT2D eigenvalue weighted by Crippen LogP contribution is 2.23. The van der Waals surface area contributed by atoms with Crippen LogP contribution in [0.4, 0.5) is 0 Å². The second kappa shape index (κ2) is 8.24. The van der Waals surface area contributed by atoms with Crippen molar-refractivity contribution in [3.63, 3.8) is 0 Å². The molecule has 0 bridgehead atoms. The van der Waals surface area contributed by atoms with Crippen molar-refractivity contribution in [2.75, 3.05) is 13.6 Å². The molecule has 1 atom stereocenters. The van der Waals surface area contributed by atoms with Crippen LogP contribution < -0.4 is 10.1 Å². The second-order valence-electron chi connectivity index (χ2n) is 6.74. The predicted molar refractivity (Wildman–Crippen MR) is 99.5 cm³/mol. The molecule has 2 amide bonds. The first-order chi connectivity index (χ1) is 13.0. The highest BCUT2D eigenvalue weighted by Gasteiger charge is 2.32. The second-order valence-corrected chi connectivity index (χ2v) is 6.74. The molecule has 0 saturated carbocycles. The first kappa shape index (κ1) is 18.9. The van der Waals surface area contributed by atoms with Crippen molar-refractivity contribution in [1.29, 1.82) is 0 Å². The number of hydrogen-bond acceptors (Lipinski definition) is 5. The van der Waals surface area contributed by atoms with E-state index in [2.05, 4.69) is 10.5 Å². The van der Waals surface area contributed by atoms with Crippen LogP contribution in [-0.4, -0.2) is 41.5 Å². The Bertz CT molecular complexity index is 811. The van der Waals surface area contributed by atoms with Crippen LogP contribution in [0.5, 0.6) is 5.75 Å². The number of aromatic nitrogens is 1. The number of rotatable bonds is 5. The Hall–Kier alpha value is -2.83. The molecule has 3 rings (SSSR count). The number of ether oxygens (including phenoxy) is 1. The van der Waals surface area contributed by atoms with Crippen LogP contribution in [0.1, 0.15) is 46.6 Å². The van der Waals surface area contributed by atoms with Gasteiger partial charge in [-0.15, -0.1) is 0 Å². The van der Waals surface area contributed by atoms with Gasteiger partial charge in [0, 0.05) is 19.2 Å². The van der Waals surface area contributed by atoms with Crippen molar-refractivity contribution in [1.82, 2.24) is 15.4 Å². The fourth-order valence-electron chi connectivity index (χ4n) is 3.36. The lowest BCUT2D eigenvalue weighted by atomic mass is 10.00. The summed E-state index contributed by atoms with van der Waals surface area (Å²) in [4.78, 5) is 26.8. The van der Waals surface area contributed by atoms with E-state index in [4.69, 9.17) is 9.26 Å². The molecule has 1 N–H and O–H groups in total. The Balaban J connectivity index is 1.74. The zero-order chi connectivity index (χ0) is 19.4. The quantitative estimate of drug-likeness (QED) is 0.873. The average Bonchev–Trinajstić information content (AvgIpc) is 3.03. The smallest absolute Gasteiger partial charge is 0.254 e. The van der Waals surface area contributed by atoms with E-state index in [0.717, 1.165) is 29.9 Å². The number of likely N-dealkylation sites (N-methyl/N-ethyl adjacent to an activating group) is 1. The fourth-order valence-corrected chi connectivity index (χ4v) is 3.36. The number of aryl methyl sites for hydroxylation is 2. The lowest BCUT2D eigenvalue weighted by Crippen LogP contribution is -2.51. The molecule has 1 fully saturated rings. The van der Waals surface area contributed by atoms with Crippen LogP contribution in [0.15, 0.2) is 28.8 Å². The van der Waals surface area contributed by atoms with Crippen molar-refractivity contribution in [3.05, 3.63) is 46.8 Å². The third-order valence-electron chi connectivity index (χ3n) is 4.96. The molecule has 1 aromatic heterocycles. The van der Waals surface area contributed by atoms with E-state index < -0.39 is 6.04 Å². The monoisotopic (exact) mass is 371 g/mol. The zero-order valence-electron chi connectivity index (χ0n) is 15.9. The molecule has 2 heterocycles. The molecule has 7 nitrogen and oxygen atoms in total. The van der Waals surface area contributed by atoms with E-state index in [1.54, 1.807) is 36.2 Å². The van der Waals surface area contributed by atoms with E-state index in [1.165, 1.54) is 0 Å². The van der Waals surface area contributed by atoms with Crippen LogP contribution in [0.3, 0.4) is 0 Å². The number of hydrogen-bond donors (Lipinski definition) is 1. The van der Waals surface area contributed by atoms with Crippen LogP contribution in [0, 0.1) is 13.8 Å². The van der Waals surface area contributed by atoms with Gasteiger partial charge in [-0.05, 0) is 51.3 Å². The van der Waals surface area contributed by atoms with Gasteiger partial charge in [0.1, 0.15) is 24.2 Å². The van der Waals surface area contributed by atoms with E-state index >= 15 is 0 Å². The molecule has 2 aromatic rings. The Labute approximate surface area is 158 Å². The van der Waals surface area contributed by atoms with Gasteiger partial charge >= 0.3 is 0 Å². The highest BCUT2D eigenvalue weighted by molar-refractivity contribution is 5.98. The molecule has 7 heteroatoms. The van der Waals surface area contributed by atoms with E-state index in [-0.39, 0.29) is 11.8 Å². The van der Waals surface area contributed by atoms with Crippen LogP contribution >= 0.6 is 0 Å². The van der Waals surface area contributed by atoms with Crippen molar-refractivity contribution in [2.45, 2.75) is 45.8 Å². The zero-order valence-corrected chi connectivity index (χ0v) is 15.9. The Morgan fingerprint density at radius 2 is 2.15 bits per heavy atom. The van der Waals surface area contributed by atoms with Gasteiger partial charge in [-0.1, -0.05) is 11.2 Å². The van der Waals surface area contributed by atoms with Crippen molar-refractivity contribution in [2.24, 2.45) is 0 Å². The molecule has 1 aromatic carbocycles. The summed E-state index contributed by atoms with van der Waals surface area (Å²) in [5.74, 6) is 1.05. The Morgan fingerprint density at radius 3 is 2.85 bits per heavy atom. The largest absolute Gasteiger partial charge is 0.489 e. The maximum atomic E-state index is 13.0. The van der Waals surface area contributed by atoms with E-state index in [9.17, 15) is 9.59 Å². The number of nitrogens with zero attached hydrogens (tertiary/aromatic N) is 2. The van der Waals surface area contributed by atoms with Crippen LogP contribution in [0.25, 0.3) is 0 Å². The number of carbonyl (C=O) groups is 2. The number of nitrogens with one attached hydrogen (secondary N) is 1. The maximum Gasteiger partial charge on any atom is 0.254 e. The lowest BCUT2D eigenvalue weighted by molar-refractivity contribution is -0.126. The minimum absolute atomic E-state index is 0.117. The summed E-state index contributed by atoms with van der Waals surface area (Å²) < 4.78 is 11.0. The maximum absolute atomic E-state index is 13.0. The minimum Gasteiger partial charge on any atom is -0.489 e. The summed E-state index contributed by atoms with van der Waals surface area (Å²) in [6.07, 6.45) is 2.54. The molecule has 144 valence electrons. The molecular weight excluding hydrogens is 346 g/mol. The standard InChI is InChI=1S/C20H25N3O4/c1-13-17(14(2)27-22-13)12-26-16-8-6-7-15(11-16)20(25)23-10-5-4-9-18(23)19(24)21-3/h6-8,11,18H,4-5,9-10,12H2,1-3H3,(H,21,24)/t18-/m1/s1. The lowest BCUT2D eigenvalue weighted by Gasteiger charge is -2.34. The summed E-state index contributed by atoms with van der Waals surface area (Å²) in [5, 5.41) is 6.57. The topological polar surface area (TPSA) is 84.7 Å². The number of likely N-dealkylation sites (tertiary alicyclic amines) is 1. The minimum atomic E-state index is -0.414. The molecule has 0 spiro atoms. The number of amides is 2. The fraction of sp³-hybridized carbons (Fsp3) is 0.450. The Morgan fingerprint density at radius 1 is 1.33 bits per heavy atom. The summed E-state index contributed by atoms with van der Waals surface area (Å²) in [5.41, 5.74) is 2.21. The molecule has 1 aliphatic rings. The third kappa shape index (κ3) is 4.13. The number of benzene rings is 1. The van der Waals surface area contributed by atoms with Gasteiger partial charge in [-0.25, -0.2) is 0 Å². The first-order valence-electron chi connectivity index (χ1n) is 9.18. The first-order valence-corrected chi connectivity index (χ1v) is 9.18. The molecule has 1 aliphatic heterocycles. The third-order valence-corrected chi connectivity index (χ3v) is 4.96. The Kier molecular flexibility index (Phi) is 5.78. The van der Waals surface area contributed by atoms with Gasteiger partial charge in [0.2, 0.25) is 5.91 Å². The summed E-state index contributed by atoms with van der Waals surface area (Å²) in [6, 6.07) is 6.65. The normalized spacial score (nSPS) is 16.9. The predicted octanol–water partition coefficient (Wildman–Crippen LogP) is 2.61.